The third kappa shape index (κ3) is 1.92. The van der Waals surface area contributed by atoms with E-state index < -0.39 is 36.2 Å². The van der Waals surface area contributed by atoms with E-state index in [9.17, 15) is 20.1 Å². The molecular weight excluding hydrogens is 282 g/mol. The summed E-state index contributed by atoms with van der Waals surface area (Å²) >= 11 is 0. The first kappa shape index (κ1) is 13.9. The predicted octanol–water partition coefficient (Wildman–Crippen LogP) is -2.30. The number of hydrogen-bond donors (Lipinski definition) is 5. The molecule has 0 spiro atoms. The standard InChI is InChI=1S/C11H15N5O5/c1-11(20)6(18)4(2-17)21-9(11)16-3-13-5-7(16)14-10(12)15-8(5)19/h3-4,6,9,17-18,20H,2H2,1H3,(H3,12,14,15,19)/t4-,6-,9?,11+/m1/s1. The molecule has 6 N–H and O–H groups in total. The van der Waals surface area contributed by atoms with Crippen molar-refractivity contribution < 1.29 is 20.1 Å². The number of rotatable bonds is 2. The van der Waals surface area contributed by atoms with Crippen LogP contribution < -0.4 is 11.3 Å². The number of nitrogens with zero attached hydrogens (tertiary/aromatic N) is 3. The molecule has 0 saturated carbocycles. The minimum atomic E-state index is -1.69. The Balaban J connectivity index is 2.15. The number of ether oxygens (including phenoxy) is 1. The highest BCUT2D eigenvalue weighted by Crippen LogP contribution is 2.38. The van der Waals surface area contributed by atoms with Crippen LogP contribution in [0.1, 0.15) is 13.2 Å². The fourth-order valence-corrected chi connectivity index (χ4v) is 2.50. The Morgan fingerprint density at radius 2 is 2.33 bits per heavy atom. The predicted molar refractivity (Wildman–Crippen MR) is 70.2 cm³/mol. The summed E-state index contributed by atoms with van der Waals surface area (Å²) in [5, 5.41) is 29.6. The molecule has 2 aromatic rings. The van der Waals surface area contributed by atoms with Crippen molar-refractivity contribution in [1.29, 1.82) is 0 Å². The number of aliphatic hydroxyl groups is 3. The molecule has 1 aliphatic rings. The van der Waals surface area contributed by atoms with Crippen LogP contribution in [-0.2, 0) is 4.74 Å². The van der Waals surface area contributed by atoms with E-state index in [1.165, 1.54) is 17.8 Å². The molecule has 0 amide bonds. The van der Waals surface area contributed by atoms with Gasteiger partial charge in [0.05, 0.1) is 12.9 Å². The lowest BCUT2D eigenvalue weighted by molar-refractivity contribution is -0.0950. The van der Waals surface area contributed by atoms with E-state index in [4.69, 9.17) is 10.5 Å². The molecule has 3 rings (SSSR count). The number of nitrogens with one attached hydrogen (secondary N) is 1. The first-order valence-electron chi connectivity index (χ1n) is 6.25. The van der Waals surface area contributed by atoms with Gasteiger partial charge in [-0.05, 0) is 6.92 Å². The van der Waals surface area contributed by atoms with E-state index in [-0.39, 0.29) is 17.1 Å². The van der Waals surface area contributed by atoms with E-state index in [2.05, 4.69) is 15.0 Å². The third-order valence-corrected chi connectivity index (χ3v) is 3.64. The fraction of sp³-hybridized carbons (Fsp3) is 0.545. The number of fused-ring (bicyclic) bond motifs is 1. The van der Waals surface area contributed by atoms with Gasteiger partial charge in [0.25, 0.3) is 5.56 Å². The minimum Gasteiger partial charge on any atom is -0.394 e. The van der Waals surface area contributed by atoms with Crippen LogP contribution in [0.15, 0.2) is 11.1 Å². The number of aromatic amines is 1. The molecule has 4 atom stereocenters. The van der Waals surface area contributed by atoms with Crippen LogP contribution in [0.5, 0.6) is 0 Å². The molecule has 0 bridgehead atoms. The summed E-state index contributed by atoms with van der Waals surface area (Å²) in [6.07, 6.45) is -2.06. The molecule has 10 nitrogen and oxygen atoms in total. The largest absolute Gasteiger partial charge is 0.394 e. The highest BCUT2D eigenvalue weighted by Gasteiger charge is 2.53. The van der Waals surface area contributed by atoms with Crippen molar-refractivity contribution in [2.75, 3.05) is 12.3 Å². The Kier molecular flexibility index (Phi) is 2.99. The van der Waals surface area contributed by atoms with Gasteiger partial charge in [0.2, 0.25) is 5.95 Å². The van der Waals surface area contributed by atoms with Gasteiger partial charge in [-0.2, -0.15) is 4.98 Å². The smallest absolute Gasteiger partial charge is 0.280 e. The fourth-order valence-electron chi connectivity index (χ4n) is 2.50. The lowest BCUT2D eigenvalue weighted by atomic mass is 9.96. The number of imidazole rings is 1. The zero-order valence-corrected chi connectivity index (χ0v) is 11.1. The Bertz CT molecular complexity index is 738. The lowest BCUT2D eigenvalue weighted by Gasteiger charge is -2.27. The molecule has 2 aromatic heterocycles. The molecule has 21 heavy (non-hydrogen) atoms. The van der Waals surface area contributed by atoms with Crippen LogP contribution in [0, 0.1) is 0 Å². The molecule has 1 unspecified atom stereocenters. The van der Waals surface area contributed by atoms with Crippen molar-refractivity contribution in [3.8, 4) is 0 Å². The average Bonchev–Trinajstić information content (AvgIpc) is 2.91. The van der Waals surface area contributed by atoms with E-state index in [0.29, 0.717) is 0 Å². The van der Waals surface area contributed by atoms with Crippen molar-refractivity contribution >= 4 is 17.1 Å². The second-order valence-corrected chi connectivity index (χ2v) is 5.16. The molecule has 10 heteroatoms. The zero-order valence-electron chi connectivity index (χ0n) is 11.1. The maximum Gasteiger partial charge on any atom is 0.280 e. The highest BCUT2D eigenvalue weighted by atomic mass is 16.6. The Hall–Kier alpha value is -2.01. The van der Waals surface area contributed by atoms with E-state index >= 15 is 0 Å². The first-order chi connectivity index (χ1) is 9.86. The molecule has 1 saturated heterocycles. The van der Waals surface area contributed by atoms with Gasteiger partial charge < -0.3 is 25.8 Å². The first-order valence-corrected chi connectivity index (χ1v) is 6.25. The number of nitrogen functional groups attached to an aromatic ring is 1. The normalized spacial score (nSPS) is 32.9. The molecule has 0 aromatic carbocycles. The summed E-state index contributed by atoms with van der Waals surface area (Å²) in [6.45, 7) is 0.900. The van der Waals surface area contributed by atoms with Gasteiger partial charge in [0.15, 0.2) is 17.4 Å². The van der Waals surface area contributed by atoms with Gasteiger partial charge >= 0.3 is 0 Å². The number of nitrogens with two attached hydrogens (primary N) is 1. The Morgan fingerprint density at radius 3 is 2.95 bits per heavy atom. The zero-order chi connectivity index (χ0) is 15.4. The monoisotopic (exact) mass is 297 g/mol. The van der Waals surface area contributed by atoms with Crippen LogP contribution in [0.4, 0.5) is 5.95 Å². The molecule has 3 heterocycles. The SMILES string of the molecule is C[C@@]1(O)C(n2cnc3c(=O)[nH]c(N)nc32)O[C@H](CO)[C@H]1O. The van der Waals surface area contributed by atoms with Crippen LogP contribution >= 0.6 is 0 Å². The second kappa shape index (κ2) is 4.49. The highest BCUT2D eigenvalue weighted by molar-refractivity contribution is 5.70. The van der Waals surface area contributed by atoms with Gasteiger partial charge in [-0.15, -0.1) is 0 Å². The molecule has 114 valence electrons. The van der Waals surface area contributed by atoms with Crippen molar-refractivity contribution in [1.82, 2.24) is 19.5 Å². The number of anilines is 1. The topological polar surface area (TPSA) is 160 Å². The minimum absolute atomic E-state index is 0.0329. The summed E-state index contributed by atoms with van der Waals surface area (Å²) in [4.78, 5) is 21.9. The quantitative estimate of drug-likeness (QED) is 0.414. The molecule has 0 aliphatic carbocycles. The molecular formula is C11H15N5O5. The Labute approximate surface area is 117 Å². The van der Waals surface area contributed by atoms with E-state index in [1.54, 1.807) is 0 Å². The van der Waals surface area contributed by atoms with Crippen LogP contribution in [0.3, 0.4) is 0 Å². The summed E-state index contributed by atoms with van der Waals surface area (Å²) in [5.74, 6) is -0.105. The Morgan fingerprint density at radius 1 is 1.62 bits per heavy atom. The van der Waals surface area contributed by atoms with Gasteiger partial charge in [-0.1, -0.05) is 0 Å². The summed E-state index contributed by atoms with van der Waals surface area (Å²) in [6, 6.07) is 0. The maximum absolute atomic E-state index is 11.7. The third-order valence-electron chi connectivity index (χ3n) is 3.64. The van der Waals surface area contributed by atoms with Gasteiger partial charge in [0.1, 0.15) is 17.8 Å². The number of aromatic nitrogens is 4. The number of hydrogen-bond acceptors (Lipinski definition) is 8. The van der Waals surface area contributed by atoms with Gasteiger partial charge in [-0.3, -0.25) is 14.3 Å². The molecule has 0 radical (unpaired) electrons. The summed E-state index contributed by atoms with van der Waals surface area (Å²) < 4.78 is 6.76. The van der Waals surface area contributed by atoms with Crippen LogP contribution in [0.2, 0.25) is 0 Å². The van der Waals surface area contributed by atoms with Gasteiger partial charge in [0, 0.05) is 0 Å². The molecule has 1 aliphatic heterocycles. The summed E-state index contributed by atoms with van der Waals surface area (Å²) in [5.41, 5.74) is 3.44. The number of H-pyrrole nitrogens is 1. The van der Waals surface area contributed by atoms with E-state index in [0.717, 1.165) is 0 Å². The van der Waals surface area contributed by atoms with Crippen molar-refractivity contribution in [2.45, 2.75) is 31.0 Å². The van der Waals surface area contributed by atoms with Crippen molar-refractivity contribution in [3.05, 3.63) is 16.7 Å². The number of aliphatic hydroxyl groups excluding tert-OH is 2. The van der Waals surface area contributed by atoms with Crippen LogP contribution in [0.25, 0.3) is 11.2 Å². The van der Waals surface area contributed by atoms with E-state index in [1.807, 2.05) is 0 Å². The lowest BCUT2D eigenvalue weighted by Crippen LogP contribution is -2.44. The van der Waals surface area contributed by atoms with Crippen LogP contribution in [-0.4, -0.2) is 59.3 Å². The average molecular weight is 297 g/mol. The molecule has 1 fully saturated rings. The van der Waals surface area contributed by atoms with Crippen molar-refractivity contribution in [2.24, 2.45) is 0 Å². The van der Waals surface area contributed by atoms with Crippen molar-refractivity contribution in [3.63, 3.8) is 0 Å². The second-order valence-electron chi connectivity index (χ2n) is 5.16. The maximum atomic E-state index is 11.7. The van der Waals surface area contributed by atoms with Gasteiger partial charge in [-0.25, -0.2) is 4.98 Å². The summed E-state index contributed by atoms with van der Waals surface area (Å²) in [7, 11) is 0.